The topological polar surface area (TPSA) is 65.7 Å². The van der Waals surface area contributed by atoms with Crippen molar-refractivity contribution in [3.8, 4) is 0 Å². The van der Waals surface area contributed by atoms with Gasteiger partial charge in [0.25, 0.3) is 11.1 Å². The lowest BCUT2D eigenvalue weighted by atomic mass is 10.2. The van der Waals surface area contributed by atoms with Gasteiger partial charge < -0.3 is 9.97 Å². The van der Waals surface area contributed by atoms with Crippen LogP contribution < -0.4 is 21.8 Å². The number of aromatic nitrogens is 2. The minimum absolute atomic E-state index is 0.239. The summed E-state index contributed by atoms with van der Waals surface area (Å²) < 4.78 is 0. The molecule has 1 heterocycles. The summed E-state index contributed by atoms with van der Waals surface area (Å²) in [6.45, 7) is 1.69. The van der Waals surface area contributed by atoms with Crippen molar-refractivity contribution in [3.63, 3.8) is 0 Å². The Balaban J connectivity index is 2.41. The molecule has 0 atom stereocenters. The van der Waals surface area contributed by atoms with Crippen LogP contribution in [0.25, 0.3) is 18.2 Å². The molecule has 0 fully saturated rings. The standard InChI is InChI=1S/C15H14N2O2/c1-2-12-14(18)17-13(15(19)16-12)10-6-9-11-7-4-3-5-8-11/h2-10H,1H3,(H,16,19)(H,17,18)/b9-6-,12-2-,13-10-. The Labute approximate surface area is 109 Å². The van der Waals surface area contributed by atoms with Gasteiger partial charge in [-0.1, -0.05) is 48.6 Å². The van der Waals surface area contributed by atoms with Gasteiger partial charge in [0.05, 0.1) is 0 Å². The maximum absolute atomic E-state index is 11.7. The Bertz CT molecular complexity index is 812. The molecule has 0 amide bonds. The van der Waals surface area contributed by atoms with Crippen molar-refractivity contribution in [2.45, 2.75) is 6.92 Å². The highest BCUT2D eigenvalue weighted by atomic mass is 16.1. The van der Waals surface area contributed by atoms with Crippen LogP contribution in [0, 0.1) is 0 Å². The fourth-order valence-corrected chi connectivity index (χ4v) is 1.63. The van der Waals surface area contributed by atoms with Crippen molar-refractivity contribution in [2.24, 2.45) is 0 Å². The average molecular weight is 254 g/mol. The highest BCUT2D eigenvalue weighted by Gasteiger charge is 1.92. The Kier molecular flexibility index (Phi) is 3.93. The lowest BCUT2D eigenvalue weighted by Crippen LogP contribution is -2.46. The largest absolute Gasteiger partial charge is 0.316 e. The predicted molar refractivity (Wildman–Crippen MR) is 77.0 cm³/mol. The first kappa shape index (κ1) is 12.8. The van der Waals surface area contributed by atoms with Gasteiger partial charge in [-0.2, -0.15) is 0 Å². The fraction of sp³-hybridized carbons (Fsp3) is 0.0667. The molecule has 19 heavy (non-hydrogen) atoms. The number of H-pyrrole nitrogens is 2. The second kappa shape index (κ2) is 5.82. The van der Waals surface area contributed by atoms with Crippen molar-refractivity contribution < 1.29 is 0 Å². The number of hydrogen-bond donors (Lipinski definition) is 2. The first-order valence-corrected chi connectivity index (χ1v) is 5.93. The second-order valence-electron chi connectivity index (χ2n) is 3.96. The molecule has 2 aromatic rings. The zero-order chi connectivity index (χ0) is 13.7. The Morgan fingerprint density at radius 3 is 2.26 bits per heavy atom. The summed E-state index contributed by atoms with van der Waals surface area (Å²) >= 11 is 0. The average Bonchev–Trinajstić information content (AvgIpc) is 2.43. The molecule has 0 saturated carbocycles. The van der Waals surface area contributed by atoms with E-state index in [0.717, 1.165) is 5.56 Å². The van der Waals surface area contributed by atoms with Gasteiger partial charge in [-0.3, -0.25) is 9.59 Å². The van der Waals surface area contributed by atoms with Gasteiger partial charge in [-0.25, -0.2) is 0 Å². The highest BCUT2D eigenvalue weighted by Crippen LogP contribution is 2.00. The van der Waals surface area contributed by atoms with E-state index >= 15 is 0 Å². The molecule has 0 saturated heterocycles. The molecule has 0 aliphatic heterocycles. The summed E-state index contributed by atoms with van der Waals surface area (Å²) in [5.41, 5.74) is 0.405. The molecule has 4 heteroatoms. The van der Waals surface area contributed by atoms with Crippen LogP contribution in [-0.4, -0.2) is 9.97 Å². The van der Waals surface area contributed by atoms with Gasteiger partial charge >= 0.3 is 0 Å². The maximum atomic E-state index is 11.7. The quantitative estimate of drug-likeness (QED) is 0.812. The van der Waals surface area contributed by atoms with Crippen LogP contribution in [0.2, 0.25) is 0 Å². The molecular formula is C15H14N2O2. The third kappa shape index (κ3) is 3.19. The van der Waals surface area contributed by atoms with Crippen LogP contribution in [0.4, 0.5) is 0 Å². The molecule has 0 aliphatic rings. The molecule has 96 valence electrons. The predicted octanol–water partition coefficient (Wildman–Crippen LogP) is 0.357. The van der Waals surface area contributed by atoms with Crippen LogP contribution in [-0.2, 0) is 0 Å². The van der Waals surface area contributed by atoms with E-state index in [-0.39, 0.29) is 21.8 Å². The zero-order valence-electron chi connectivity index (χ0n) is 10.5. The number of nitrogens with one attached hydrogen (secondary N) is 2. The lowest BCUT2D eigenvalue weighted by molar-refractivity contribution is 1.00. The summed E-state index contributed by atoms with van der Waals surface area (Å²) in [5, 5.41) is 0.511. The van der Waals surface area contributed by atoms with E-state index in [1.54, 1.807) is 25.2 Å². The van der Waals surface area contributed by atoms with Gasteiger partial charge in [-0.05, 0) is 18.6 Å². The van der Waals surface area contributed by atoms with E-state index in [9.17, 15) is 9.59 Å². The van der Waals surface area contributed by atoms with E-state index in [0.29, 0.717) is 0 Å². The monoisotopic (exact) mass is 254 g/mol. The number of benzene rings is 1. The van der Waals surface area contributed by atoms with Gasteiger partial charge in [0.2, 0.25) is 0 Å². The first-order valence-electron chi connectivity index (χ1n) is 5.93. The van der Waals surface area contributed by atoms with Crippen molar-refractivity contribution in [2.75, 3.05) is 0 Å². The molecule has 0 spiro atoms. The molecule has 1 aromatic carbocycles. The maximum Gasteiger partial charge on any atom is 0.272 e. The highest BCUT2D eigenvalue weighted by molar-refractivity contribution is 5.56. The number of aromatic amines is 2. The molecule has 1 aromatic heterocycles. The van der Waals surface area contributed by atoms with E-state index < -0.39 is 0 Å². The summed E-state index contributed by atoms with van der Waals surface area (Å²) in [7, 11) is 0. The summed E-state index contributed by atoms with van der Waals surface area (Å²) in [4.78, 5) is 28.3. The SMILES string of the molecule is C/C=c1\[nH]c(=O)/c(=C/C=C\c2ccccc2)[nH]c1=O. The van der Waals surface area contributed by atoms with Crippen LogP contribution in [0.5, 0.6) is 0 Å². The minimum Gasteiger partial charge on any atom is -0.316 e. The van der Waals surface area contributed by atoms with Crippen LogP contribution in [0.3, 0.4) is 0 Å². The fourth-order valence-electron chi connectivity index (χ4n) is 1.63. The number of rotatable bonds is 2. The van der Waals surface area contributed by atoms with Gasteiger partial charge in [0.15, 0.2) is 0 Å². The zero-order valence-corrected chi connectivity index (χ0v) is 10.5. The smallest absolute Gasteiger partial charge is 0.272 e. The van der Waals surface area contributed by atoms with E-state index in [1.165, 1.54) is 0 Å². The molecule has 0 aliphatic carbocycles. The number of hydrogen-bond acceptors (Lipinski definition) is 2. The normalized spacial score (nSPS) is 13.3. The second-order valence-corrected chi connectivity index (χ2v) is 3.96. The molecule has 2 rings (SSSR count). The third-order valence-corrected chi connectivity index (χ3v) is 2.63. The molecular weight excluding hydrogens is 240 g/mol. The Morgan fingerprint density at radius 2 is 1.58 bits per heavy atom. The molecule has 0 bridgehead atoms. The summed E-state index contributed by atoms with van der Waals surface area (Å²) in [5.74, 6) is 0. The van der Waals surface area contributed by atoms with Crippen LogP contribution >= 0.6 is 0 Å². The van der Waals surface area contributed by atoms with Crippen molar-refractivity contribution in [3.05, 3.63) is 73.4 Å². The molecule has 2 N–H and O–H groups in total. The van der Waals surface area contributed by atoms with Crippen LogP contribution in [0.1, 0.15) is 12.5 Å². The first-order chi connectivity index (χ1) is 9.20. The molecule has 4 nitrogen and oxygen atoms in total. The minimum atomic E-state index is -0.314. The third-order valence-electron chi connectivity index (χ3n) is 2.63. The summed E-state index contributed by atoms with van der Waals surface area (Å²) in [6, 6.07) is 9.70. The van der Waals surface area contributed by atoms with E-state index in [2.05, 4.69) is 9.97 Å². The van der Waals surface area contributed by atoms with Gasteiger partial charge in [-0.15, -0.1) is 0 Å². The number of allylic oxidation sites excluding steroid dienone is 1. The van der Waals surface area contributed by atoms with Crippen molar-refractivity contribution in [1.82, 2.24) is 9.97 Å². The van der Waals surface area contributed by atoms with E-state index in [4.69, 9.17) is 0 Å². The Hall–Kier alpha value is -2.62. The molecule has 0 unspecified atom stereocenters. The summed E-state index contributed by atoms with van der Waals surface area (Å²) in [6.07, 6.45) is 6.72. The van der Waals surface area contributed by atoms with Crippen molar-refractivity contribution >= 4 is 18.2 Å². The van der Waals surface area contributed by atoms with Gasteiger partial charge in [0.1, 0.15) is 10.7 Å². The lowest BCUT2D eigenvalue weighted by Gasteiger charge is -1.89. The molecule has 0 radical (unpaired) electrons. The van der Waals surface area contributed by atoms with Crippen molar-refractivity contribution in [1.29, 1.82) is 0 Å². The van der Waals surface area contributed by atoms with E-state index in [1.807, 2.05) is 36.4 Å². The Morgan fingerprint density at radius 1 is 0.947 bits per heavy atom. The van der Waals surface area contributed by atoms with Crippen LogP contribution in [0.15, 0.2) is 46.0 Å². The van der Waals surface area contributed by atoms with Gasteiger partial charge in [0, 0.05) is 0 Å².